The van der Waals surface area contributed by atoms with E-state index in [0.29, 0.717) is 0 Å². The molecule has 0 aliphatic rings. The minimum absolute atomic E-state index is 0.247. The molecule has 0 saturated carbocycles. The largest absolute Gasteiger partial charge is 0.385 e. The van der Waals surface area contributed by atoms with Gasteiger partial charge in [-0.1, -0.05) is 20.8 Å². The van der Waals surface area contributed by atoms with Crippen LogP contribution >= 0.6 is 0 Å². The van der Waals surface area contributed by atoms with Gasteiger partial charge in [-0.05, 0) is 44.1 Å². The van der Waals surface area contributed by atoms with Gasteiger partial charge in [-0.25, -0.2) is 0 Å². The number of hydrogen-bond acceptors (Lipinski definition) is 3. The Kier molecular flexibility index (Phi) is 7.85. The van der Waals surface area contributed by atoms with Crippen molar-refractivity contribution >= 4 is 0 Å². The standard InChI is InChI=1S/C16H31N3O/c1-5-13(17)12-14-15(6-2)18-19(16(14)7-3)10-8-9-11-20-4/h13H,5-12,17H2,1-4H3. The highest BCUT2D eigenvalue weighted by Gasteiger charge is 2.17. The number of nitrogens with two attached hydrogens (primary N) is 1. The van der Waals surface area contributed by atoms with Gasteiger partial charge in [0.25, 0.3) is 0 Å². The fourth-order valence-electron chi connectivity index (χ4n) is 2.60. The van der Waals surface area contributed by atoms with Crippen LogP contribution < -0.4 is 5.73 Å². The number of aryl methyl sites for hydroxylation is 2. The predicted molar refractivity (Wildman–Crippen MR) is 84.1 cm³/mol. The Morgan fingerprint density at radius 1 is 1.20 bits per heavy atom. The van der Waals surface area contributed by atoms with Crippen LogP contribution in [0.5, 0.6) is 0 Å². The maximum Gasteiger partial charge on any atom is 0.0657 e. The number of nitrogens with zero attached hydrogens (tertiary/aromatic N) is 2. The summed E-state index contributed by atoms with van der Waals surface area (Å²) in [5.41, 5.74) is 10.2. The average Bonchev–Trinajstić information content (AvgIpc) is 2.80. The lowest BCUT2D eigenvalue weighted by atomic mass is 10.00. The molecule has 0 bridgehead atoms. The van der Waals surface area contributed by atoms with Crippen molar-refractivity contribution in [2.45, 2.75) is 71.9 Å². The third-order valence-corrected chi connectivity index (χ3v) is 3.88. The highest BCUT2D eigenvalue weighted by molar-refractivity contribution is 5.28. The molecular formula is C16H31N3O. The van der Waals surface area contributed by atoms with Crippen LogP contribution in [0.15, 0.2) is 0 Å². The van der Waals surface area contributed by atoms with E-state index >= 15 is 0 Å². The van der Waals surface area contributed by atoms with Crippen molar-refractivity contribution in [1.29, 1.82) is 0 Å². The van der Waals surface area contributed by atoms with Gasteiger partial charge < -0.3 is 10.5 Å². The molecule has 116 valence electrons. The van der Waals surface area contributed by atoms with Gasteiger partial charge in [0, 0.05) is 32.0 Å². The van der Waals surface area contributed by atoms with E-state index in [1.54, 1.807) is 7.11 Å². The van der Waals surface area contributed by atoms with Crippen molar-refractivity contribution < 1.29 is 4.74 Å². The molecule has 0 fully saturated rings. The van der Waals surface area contributed by atoms with Crippen LogP contribution in [0.3, 0.4) is 0 Å². The van der Waals surface area contributed by atoms with E-state index in [0.717, 1.165) is 51.7 Å². The number of rotatable bonds is 10. The zero-order valence-corrected chi connectivity index (χ0v) is 13.6. The lowest BCUT2D eigenvalue weighted by Gasteiger charge is -2.11. The van der Waals surface area contributed by atoms with E-state index in [4.69, 9.17) is 15.6 Å². The second-order valence-corrected chi connectivity index (χ2v) is 5.37. The van der Waals surface area contributed by atoms with Crippen molar-refractivity contribution in [2.24, 2.45) is 5.73 Å². The SMILES string of the molecule is CCc1nn(CCCCOC)c(CC)c1CC(N)CC. The minimum atomic E-state index is 0.247. The third-order valence-electron chi connectivity index (χ3n) is 3.88. The fraction of sp³-hybridized carbons (Fsp3) is 0.812. The molecule has 1 atom stereocenters. The Balaban J connectivity index is 2.83. The Morgan fingerprint density at radius 3 is 2.50 bits per heavy atom. The second-order valence-electron chi connectivity index (χ2n) is 5.37. The minimum Gasteiger partial charge on any atom is -0.385 e. The lowest BCUT2D eigenvalue weighted by Crippen LogP contribution is -2.22. The van der Waals surface area contributed by atoms with Gasteiger partial charge in [-0.15, -0.1) is 0 Å². The van der Waals surface area contributed by atoms with Crippen molar-refractivity contribution in [1.82, 2.24) is 9.78 Å². The molecule has 0 radical (unpaired) electrons. The first-order valence-electron chi connectivity index (χ1n) is 7.99. The molecule has 1 heterocycles. The molecule has 4 nitrogen and oxygen atoms in total. The fourth-order valence-corrected chi connectivity index (χ4v) is 2.60. The molecule has 0 saturated heterocycles. The second kappa shape index (κ2) is 9.14. The Morgan fingerprint density at radius 2 is 1.95 bits per heavy atom. The van der Waals surface area contributed by atoms with E-state index < -0.39 is 0 Å². The summed E-state index contributed by atoms with van der Waals surface area (Å²) in [6, 6.07) is 0.247. The summed E-state index contributed by atoms with van der Waals surface area (Å²) >= 11 is 0. The molecule has 1 aromatic heterocycles. The maximum absolute atomic E-state index is 6.15. The van der Waals surface area contributed by atoms with Crippen LogP contribution in [0.2, 0.25) is 0 Å². The van der Waals surface area contributed by atoms with Crippen LogP contribution in [0.1, 0.15) is 57.0 Å². The van der Waals surface area contributed by atoms with Crippen molar-refractivity contribution in [3.05, 3.63) is 17.0 Å². The van der Waals surface area contributed by atoms with Crippen LogP contribution in [0.4, 0.5) is 0 Å². The molecule has 2 N–H and O–H groups in total. The van der Waals surface area contributed by atoms with Gasteiger partial charge in [-0.3, -0.25) is 4.68 Å². The van der Waals surface area contributed by atoms with Crippen LogP contribution in [-0.2, 0) is 30.5 Å². The number of methoxy groups -OCH3 is 1. The molecule has 1 rings (SSSR count). The van der Waals surface area contributed by atoms with E-state index in [9.17, 15) is 0 Å². The van der Waals surface area contributed by atoms with Gasteiger partial charge >= 0.3 is 0 Å². The number of hydrogen-bond donors (Lipinski definition) is 1. The molecule has 0 spiro atoms. The topological polar surface area (TPSA) is 53.1 Å². The highest BCUT2D eigenvalue weighted by atomic mass is 16.5. The number of aromatic nitrogens is 2. The first-order chi connectivity index (χ1) is 9.67. The van der Waals surface area contributed by atoms with Crippen LogP contribution in [0.25, 0.3) is 0 Å². The molecule has 4 heteroatoms. The lowest BCUT2D eigenvalue weighted by molar-refractivity contribution is 0.191. The van der Waals surface area contributed by atoms with Gasteiger partial charge in [-0.2, -0.15) is 5.10 Å². The van der Waals surface area contributed by atoms with Gasteiger partial charge in [0.15, 0.2) is 0 Å². The smallest absolute Gasteiger partial charge is 0.0657 e. The molecule has 0 amide bonds. The quantitative estimate of drug-likeness (QED) is 0.671. The normalized spacial score (nSPS) is 12.8. The average molecular weight is 281 g/mol. The Labute approximate surface area is 123 Å². The summed E-state index contributed by atoms with van der Waals surface area (Å²) in [5, 5.41) is 4.80. The van der Waals surface area contributed by atoms with E-state index in [1.807, 2.05) is 0 Å². The molecular weight excluding hydrogens is 250 g/mol. The zero-order chi connectivity index (χ0) is 15.0. The summed E-state index contributed by atoms with van der Waals surface area (Å²) in [4.78, 5) is 0. The first kappa shape index (κ1) is 17.2. The van der Waals surface area contributed by atoms with E-state index in [-0.39, 0.29) is 6.04 Å². The first-order valence-corrected chi connectivity index (χ1v) is 7.99. The molecule has 1 unspecified atom stereocenters. The number of ether oxygens (including phenoxy) is 1. The summed E-state index contributed by atoms with van der Waals surface area (Å²) in [6.07, 6.45) is 6.20. The van der Waals surface area contributed by atoms with E-state index in [1.165, 1.54) is 17.0 Å². The molecule has 0 aromatic carbocycles. The predicted octanol–water partition coefficient (Wildman–Crippen LogP) is 2.71. The van der Waals surface area contributed by atoms with Crippen LogP contribution in [-0.4, -0.2) is 29.5 Å². The summed E-state index contributed by atoms with van der Waals surface area (Å²) in [5.74, 6) is 0. The van der Waals surface area contributed by atoms with E-state index in [2.05, 4.69) is 25.5 Å². The van der Waals surface area contributed by atoms with Crippen molar-refractivity contribution in [3.63, 3.8) is 0 Å². The van der Waals surface area contributed by atoms with Crippen molar-refractivity contribution in [3.8, 4) is 0 Å². The summed E-state index contributed by atoms with van der Waals surface area (Å²) < 4.78 is 7.31. The Hall–Kier alpha value is -0.870. The van der Waals surface area contributed by atoms with Gasteiger partial charge in [0.1, 0.15) is 0 Å². The van der Waals surface area contributed by atoms with Gasteiger partial charge in [0.05, 0.1) is 5.69 Å². The zero-order valence-electron chi connectivity index (χ0n) is 13.6. The molecule has 0 aliphatic heterocycles. The monoisotopic (exact) mass is 281 g/mol. The third kappa shape index (κ3) is 4.60. The number of unbranched alkanes of at least 4 members (excludes halogenated alkanes) is 1. The van der Waals surface area contributed by atoms with Crippen molar-refractivity contribution in [2.75, 3.05) is 13.7 Å². The summed E-state index contributed by atoms with van der Waals surface area (Å²) in [6.45, 7) is 8.36. The Bertz CT molecular complexity index is 387. The maximum atomic E-state index is 6.15. The molecule has 1 aromatic rings. The molecule has 0 aliphatic carbocycles. The van der Waals surface area contributed by atoms with Gasteiger partial charge in [0.2, 0.25) is 0 Å². The van der Waals surface area contributed by atoms with Crippen LogP contribution in [0, 0.1) is 0 Å². The molecule has 20 heavy (non-hydrogen) atoms. The highest BCUT2D eigenvalue weighted by Crippen LogP contribution is 2.19. The summed E-state index contributed by atoms with van der Waals surface area (Å²) in [7, 11) is 1.75.